The number of likely N-dealkylation sites (N-methyl/N-ethyl adjacent to an activating group) is 1. The summed E-state index contributed by atoms with van der Waals surface area (Å²) in [5, 5.41) is 8.94. The minimum atomic E-state index is 0.195. The molecule has 0 fully saturated rings. The van der Waals surface area contributed by atoms with Crippen LogP contribution in [0.15, 0.2) is 48.5 Å². The number of ether oxygens (including phenoxy) is 2. The van der Waals surface area contributed by atoms with Gasteiger partial charge in [-0.15, -0.1) is 0 Å². The van der Waals surface area contributed by atoms with Gasteiger partial charge in [-0.1, -0.05) is 36.4 Å². The highest BCUT2D eigenvalue weighted by molar-refractivity contribution is 5.42. The lowest BCUT2D eigenvalue weighted by Gasteiger charge is -2.29. The van der Waals surface area contributed by atoms with Gasteiger partial charge in [0.15, 0.2) is 0 Å². The number of rotatable bonds is 8. The molecule has 2 aromatic carbocycles. The van der Waals surface area contributed by atoms with Crippen molar-refractivity contribution in [3.8, 4) is 11.5 Å². The molecule has 1 heterocycles. The molecule has 1 N–H and O–H groups in total. The summed E-state index contributed by atoms with van der Waals surface area (Å²) in [5.41, 5.74) is 2.41. The van der Waals surface area contributed by atoms with Crippen LogP contribution in [0.5, 0.6) is 11.5 Å². The van der Waals surface area contributed by atoms with Crippen LogP contribution in [-0.4, -0.2) is 42.9 Å². The molecule has 4 heteroatoms. The van der Waals surface area contributed by atoms with Crippen LogP contribution in [0.2, 0.25) is 0 Å². The fraction of sp³-hybridized carbons (Fsp3) is 0.429. The summed E-state index contributed by atoms with van der Waals surface area (Å²) in [5.74, 6) is 1.79. The van der Waals surface area contributed by atoms with Gasteiger partial charge in [0.25, 0.3) is 0 Å². The molecule has 1 atom stereocenters. The van der Waals surface area contributed by atoms with E-state index in [1.807, 2.05) is 30.3 Å². The van der Waals surface area contributed by atoms with Crippen LogP contribution in [0, 0.1) is 0 Å². The van der Waals surface area contributed by atoms with Crippen LogP contribution in [0.1, 0.15) is 24.0 Å². The molecule has 134 valence electrons. The van der Waals surface area contributed by atoms with Crippen molar-refractivity contribution in [1.29, 1.82) is 0 Å². The molecule has 25 heavy (non-hydrogen) atoms. The van der Waals surface area contributed by atoms with Gasteiger partial charge in [-0.25, -0.2) is 0 Å². The van der Waals surface area contributed by atoms with E-state index in [4.69, 9.17) is 14.6 Å². The Kier molecular flexibility index (Phi) is 6.31. The van der Waals surface area contributed by atoms with E-state index in [9.17, 15) is 0 Å². The summed E-state index contributed by atoms with van der Waals surface area (Å²) in [6.07, 6.45) is 3.06. The van der Waals surface area contributed by atoms with E-state index < -0.39 is 0 Å². The Morgan fingerprint density at radius 2 is 2.04 bits per heavy atom. The van der Waals surface area contributed by atoms with Crippen LogP contribution in [0.4, 0.5) is 0 Å². The molecule has 0 spiro atoms. The Bertz CT molecular complexity index is 659. The van der Waals surface area contributed by atoms with Gasteiger partial charge in [0.1, 0.15) is 24.2 Å². The van der Waals surface area contributed by atoms with Crippen LogP contribution in [0.25, 0.3) is 0 Å². The molecule has 0 amide bonds. The minimum absolute atomic E-state index is 0.195. The Hall–Kier alpha value is -2.04. The van der Waals surface area contributed by atoms with E-state index in [1.54, 1.807) is 0 Å². The fourth-order valence-electron chi connectivity index (χ4n) is 3.14. The largest absolute Gasteiger partial charge is 0.489 e. The maximum absolute atomic E-state index is 8.94. The van der Waals surface area contributed by atoms with E-state index in [0.29, 0.717) is 6.61 Å². The van der Waals surface area contributed by atoms with Crippen molar-refractivity contribution in [2.24, 2.45) is 0 Å². The van der Waals surface area contributed by atoms with Gasteiger partial charge in [0.2, 0.25) is 0 Å². The number of aliphatic hydroxyl groups excluding tert-OH is 1. The summed E-state index contributed by atoms with van der Waals surface area (Å²) < 4.78 is 12.1. The van der Waals surface area contributed by atoms with Gasteiger partial charge in [-0.2, -0.15) is 0 Å². The molecule has 0 saturated carbocycles. The molecular weight excluding hydrogens is 314 g/mol. The zero-order chi connectivity index (χ0) is 17.5. The second-order valence-corrected chi connectivity index (χ2v) is 6.66. The third kappa shape index (κ3) is 5.21. The zero-order valence-corrected chi connectivity index (χ0v) is 14.9. The number of hydrogen-bond donors (Lipinski definition) is 1. The number of nitrogens with zero attached hydrogens (tertiary/aromatic N) is 1. The average molecular weight is 341 g/mol. The van der Waals surface area contributed by atoms with E-state index in [1.165, 1.54) is 5.56 Å². The van der Waals surface area contributed by atoms with Crippen molar-refractivity contribution in [1.82, 2.24) is 4.90 Å². The van der Waals surface area contributed by atoms with Crippen molar-refractivity contribution in [3.63, 3.8) is 0 Å². The molecule has 1 aliphatic heterocycles. The smallest absolute Gasteiger partial charge is 0.126 e. The van der Waals surface area contributed by atoms with E-state index >= 15 is 0 Å². The van der Waals surface area contributed by atoms with Crippen molar-refractivity contribution in [3.05, 3.63) is 59.7 Å². The Labute approximate surface area is 150 Å². The summed E-state index contributed by atoms with van der Waals surface area (Å²) in [7, 11) is 2.08. The standard InChI is InChI=1S/C21H27NO3/c1-22(12-5-13-23)15-20-11-9-18-8-10-19(14-21(18)25-20)24-16-17-6-3-2-4-7-17/h2-4,6-8,10,14,20,23H,5,9,11-13,15-16H2,1H3. The van der Waals surface area contributed by atoms with Crippen LogP contribution in [0.3, 0.4) is 0 Å². The third-order valence-corrected chi connectivity index (χ3v) is 4.53. The van der Waals surface area contributed by atoms with Gasteiger partial charge >= 0.3 is 0 Å². The molecule has 0 radical (unpaired) electrons. The second kappa shape index (κ2) is 8.88. The number of aliphatic hydroxyl groups is 1. The first-order valence-corrected chi connectivity index (χ1v) is 9.00. The Morgan fingerprint density at radius 3 is 2.84 bits per heavy atom. The predicted octanol–water partition coefficient (Wildman–Crippen LogP) is 3.27. The van der Waals surface area contributed by atoms with Crippen LogP contribution < -0.4 is 9.47 Å². The van der Waals surface area contributed by atoms with E-state index in [-0.39, 0.29) is 12.7 Å². The Morgan fingerprint density at radius 1 is 1.20 bits per heavy atom. The predicted molar refractivity (Wildman–Crippen MR) is 99.2 cm³/mol. The molecular formula is C21H27NO3. The van der Waals surface area contributed by atoms with Gasteiger partial charge in [0.05, 0.1) is 0 Å². The van der Waals surface area contributed by atoms with Crippen molar-refractivity contribution < 1.29 is 14.6 Å². The normalized spacial score (nSPS) is 16.4. The topological polar surface area (TPSA) is 41.9 Å². The highest BCUT2D eigenvalue weighted by atomic mass is 16.5. The molecule has 0 aromatic heterocycles. The minimum Gasteiger partial charge on any atom is -0.489 e. The number of fused-ring (bicyclic) bond motifs is 1. The second-order valence-electron chi connectivity index (χ2n) is 6.66. The van der Waals surface area contributed by atoms with Crippen molar-refractivity contribution in [2.75, 3.05) is 26.7 Å². The number of aryl methyl sites for hydroxylation is 1. The van der Waals surface area contributed by atoms with Gasteiger partial charge < -0.3 is 19.5 Å². The monoisotopic (exact) mass is 341 g/mol. The van der Waals surface area contributed by atoms with Crippen LogP contribution in [-0.2, 0) is 13.0 Å². The number of benzene rings is 2. The molecule has 1 unspecified atom stereocenters. The highest BCUT2D eigenvalue weighted by Gasteiger charge is 2.21. The third-order valence-electron chi connectivity index (χ3n) is 4.53. The Balaban J connectivity index is 1.57. The molecule has 3 rings (SSSR count). The lowest BCUT2D eigenvalue weighted by molar-refractivity contribution is 0.122. The lowest BCUT2D eigenvalue weighted by atomic mass is 10.0. The molecule has 0 saturated heterocycles. The molecule has 4 nitrogen and oxygen atoms in total. The van der Waals surface area contributed by atoms with Gasteiger partial charge in [-0.3, -0.25) is 0 Å². The maximum atomic E-state index is 8.94. The maximum Gasteiger partial charge on any atom is 0.126 e. The van der Waals surface area contributed by atoms with Gasteiger partial charge in [-0.05, 0) is 43.5 Å². The number of hydrogen-bond acceptors (Lipinski definition) is 4. The highest BCUT2D eigenvalue weighted by Crippen LogP contribution is 2.31. The van der Waals surface area contributed by atoms with Crippen LogP contribution >= 0.6 is 0 Å². The average Bonchev–Trinajstić information content (AvgIpc) is 2.65. The van der Waals surface area contributed by atoms with E-state index in [0.717, 1.165) is 49.4 Å². The SMILES string of the molecule is CN(CCCO)CC1CCc2ccc(OCc3ccccc3)cc2O1. The quantitative estimate of drug-likeness (QED) is 0.800. The first-order valence-electron chi connectivity index (χ1n) is 9.00. The summed E-state index contributed by atoms with van der Waals surface area (Å²) in [4.78, 5) is 2.22. The summed E-state index contributed by atoms with van der Waals surface area (Å²) in [6.45, 7) is 2.58. The van der Waals surface area contributed by atoms with Crippen molar-refractivity contribution >= 4 is 0 Å². The van der Waals surface area contributed by atoms with Gasteiger partial charge in [0, 0.05) is 25.8 Å². The zero-order valence-electron chi connectivity index (χ0n) is 14.9. The lowest BCUT2D eigenvalue weighted by Crippen LogP contribution is -2.36. The fourth-order valence-corrected chi connectivity index (χ4v) is 3.14. The summed E-state index contributed by atoms with van der Waals surface area (Å²) in [6, 6.07) is 16.3. The van der Waals surface area contributed by atoms with Crippen molar-refractivity contribution in [2.45, 2.75) is 32.0 Å². The summed E-state index contributed by atoms with van der Waals surface area (Å²) >= 11 is 0. The molecule has 1 aliphatic rings. The first kappa shape index (κ1) is 17.8. The molecule has 0 aliphatic carbocycles. The first-order chi connectivity index (χ1) is 12.2. The molecule has 0 bridgehead atoms. The molecule has 2 aromatic rings. The van der Waals surface area contributed by atoms with E-state index in [2.05, 4.69) is 30.1 Å².